The van der Waals surface area contributed by atoms with Crippen LogP contribution in [0.5, 0.6) is 0 Å². The van der Waals surface area contributed by atoms with E-state index < -0.39 is 48.2 Å². The Morgan fingerprint density at radius 2 is 1.68 bits per heavy atom. The molecular formula is C38H63ClN8O6. The van der Waals surface area contributed by atoms with Crippen molar-refractivity contribution < 1.29 is 28.7 Å². The van der Waals surface area contributed by atoms with E-state index in [1.807, 2.05) is 58.9 Å². The van der Waals surface area contributed by atoms with Gasteiger partial charge in [0.1, 0.15) is 6.04 Å². The summed E-state index contributed by atoms with van der Waals surface area (Å²) in [5, 5.41) is 10.3. The monoisotopic (exact) mass is 762 g/mol. The molecule has 1 fully saturated rings. The zero-order valence-electron chi connectivity index (χ0n) is 33.5. The van der Waals surface area contributed by atoms with Crippen LogP contribution in [0.2, 0.25) is 5.02 Å². The molecule has 0 saturated carbocycles. The Morgan fingerprint density at radius 3 is 2.21 bits per heavy atom. The van der Waals surface area contributed by atoms with Gasteiger partial charge in [-0.25, -0.2) is 0 Å². The van der Waals surface area contributed by atoms with Crippen molar-refractivity contribution in [3.63, 3.8) is 0 Å². The molecule has 1 aliphatic rings. The molecule has 0 bridgehead atoms. The highest BCUT2D eigenvalue weighted by molar-refractivity contribution is 6.30. The number of amides is 4. The van der Waals surface area contributed by atoms with Crippen LogP contribution in [0.1, 0.15) is 72.8 Å². The lowest BCUT2D eigenvalue weighted by Crippen LogP contribution is -2.60. The molecule has 4 amide bonds. The first kappa shape index (κ1) is 45.7. The maximum absolute atomic E-state index is 14.3. The standard InChI is InChI=1S/C38H63ClN8O6/c1-12-24(4)34(46(9)38(51)32(26(6)43-44-40)42-37(50)33(23(2)3)45(7)8)30(52-10)22-31(48)47-21-13-14-29(47)35(53-11)25(5)36(49)41-20-19-27-15-17-28(39)18-16-27/h15-18,23-26,29-30,32-35H,12-14,19-22H2,1-11H3,(H,41,49)(H,42,50)/t24-,25+,26-,29?,30+,32-,33?,34-,35+/m0/s1. The maximum atomic E-state index is 14.3. The van der Waals surface area contributed by atoms with Crippen molar-refractivity contribution in [2.24, 2.45) is 22.9 Å². The van der Waals surface area contributed by atoms with E-state index in [2.05, 4.69) is 20.7 Å². The zero-order chi connectivity index (χ0) is 40.0. The van der Waals surface area contributed by atoms with Crippen LogP contribution in [0.15, 0.2) is 29.4 Å². The van der Waals surface area contributed by atoms with Crippen LogP contribution >= 0.6 is 11.6 Å². The van der Waals surface area contributed by atoms with Crippen molar-refractivity contribution in [3.05, 3.63) is 45.3 Å². The van der Waals surface area contributed by atoms with E-state index in [1.54, 1.807) is 45.0 Å². The lowest BCUT2D eigenvalue weighted by Gasteiger charge is -2.41. The molecule has 1 aliphatic heterocycles. The molecule has 9 atom stereocenters. The number of likely N-dealkylation sites (N-methyl/N-ethyl adjacent to an activating group) is 2. The van der Waals surface area contributed by atoms with E-state index >= 15 is 0 Å². The summed E-state index contributed by atoms with van der Waals surface area (Å²) in [5.74, 6) is -1.79. The van der Waals surface area contributed by atoms with Crippen LogP contribution in [0, 0.1) is 17.8 Å². The number of likely N-dealkylation sites (tertiary alicyclic amines) is 1. The van der Waals surface area contributed by atoms with E-state index in [-0.39, 0.29) is 42.0 Å². The van der Waals surface area contributed by atoms with Crippen LogP contribution in [0.3, 0.4) is 0 Å². The number of carbonyl (C=O) groups excluding carboxylic acids is 4. The number of nitrogens with one attached hydrogen (secondary N) is 2. The molecular weight excluding hydrogens is 700 g/mol. The molecule has 2 rings (SSSR count). The summed E-state index contributed by atoms with van der Waals surface area (Å²) < 4.78 is 11.9. The minimum atomic E-state index is -1.14. The molecule has 1 aromatic rings. The third-order valence-electron chi connectivity index (χ3n) is 10.6. The number of benzene rings is 1. The van der Waals surface area contributed by atoms with Crippen molar-refractivity contribution in [3.8, 4) is 0 Å². The lowest BCUT2D eigenvalue weighted by molar-refractivity contribution is -0.147. The Kier molecular flexibility index (Phi) is 19.1. The molecule has 53 heavy (non-hydrogen) atoms. The van der Waals surface area contributed by atoms with E-state index in [9.17, 15) is 24.7 Å². The Hall–Kier alpha value is -3.42. The zero-order valence-corrected chi connectivity index (χ0v) is 34.3. The normalized spacial score (nSPS) is 19.0. The number of hydrogen-bond donors (Lipinski definition) is 2. The van der Waals surface area contributed by atoms with Crippen molar-refractivity contribution in [2.75, 3.05) is 48.5 Å². The molecule has 0 spiro atoms. The molecule has 0 aliphatic carbocycles. The average Bonchev–Trinajstić information content (AvgIpc) is 3.60. The highest BCUT2D eigenvalue weighted by atomic mass is 35.5. The summed E-state index contributed by atoms with van der Waals surface area (Å²) in [6, 6.07) is 4.07. The van der Waals surface area contributed by atoms with Gasteiger partial charge >= 0.3 is 0 Å². The van der Waals surface area contributed by atoms with Crippen molar-refractivity contribution in [1.29, 1.82) is 0 Å². The predicted octanol–water partition coefficient (Wildman–Crippen LogP) is 4.69. The van der Waals surface area contributed by atoms with Gasteiger partial charge in [0, 0.05) is 44.3 Å². The number of nitrogens with zero attached hydrogens (tertiary/aromatic N) is 6. The quantitative estimate of drug-likeness (QED) is 0.104. The van der Waals surface area contributed by atoms with Gasteiger partial charge in [-0.05, 0) is 68.4 Å². The minimum absolute atomic E-state index is 0.0172. The first-order valence-electron chi connectivity index (χ1n) is 18.7. The van der Waals surface area contributed by atoms with E-state index in [0.29, 0.717) is 37.4 Å². The van der Waals surface area contributed by atoms with E-state index in [0.717, 1.165) is 12.0 Å². The summed E-state index contributed by atoms with van der Waals surface area (Å²) >= 11 is 5.99. The Balaban J connectivity index is 2.26. The van der Waals surface area contributed by atoms with Crippen LogP contribution in [0.4, 0.5) is 0 Å². The van der Waals surface area contributed by atoms with Gasteiger partial charge < -0.3 is 29.9 Å². The van der Waals surface area contributed by atoms with Gasteiger partial charge in [-0.3, -0.25) is 24.1 Å². The second-order valence-corrected chi connectivity index (χ2v) is 15.3. The van der Waals surface area contributed by atoms with Crippen LogP contribution < -0.4 is 10.6 Å². The first-order valence-corrected chi connectivity index (χ1v) is 19.1. The largest absolute Gasteiger partial charge is 0.379 e. The third kappa shape index (κ3) is 12.6. The smallest absolute Gasteiger partial charge is 0.245 e. The number of carbonyl (C=O) groups is 4. The molecule has 0 aromatic heterocycles. The highest BCUT2D eigenvalue weighted by Gasteiger charge is 2.43. The number of halogens is 1. The number of hydrogen-bond acceptors (Lipinski definition) is 8. The highest BCUT2D eigenvalue weighted by Crippen LogP contribution is 2.29. The van der Waals surface area contributed by atoms with Gasteiger partial charge in [-0.1, -0.05) is 76.8 Å². The second kappa shape index (κ2) is 22.1. The molecule has 0 radical (unpaired) electrons. The lowest BCUT2D eigenvalue weighted by atomic mass is 9.89. The van der Waals surface area contributed by atoms with Gasteiger partial charge in [0.25, 0.3) is 0 Å². The molecule has 1 heterocycles. The molecule has 1 saturated heterocycles. The van der Waals surface area contributed by atoms with Gasteiger partial charge in [0.15, 0.2) is 0 Å². The number of azide groups is 1. The van der Waals surface area contributed by atoms with Crippen molar-refractivity contribution >= 4 is 35.2 Å². The topological polar surface area (TPSA) is 169 Å². The average molecular weight is 763 g/mol. The van der Waals surface area contributed by atoms with Gasteiger partial charge in [0.05, 0.1) is 48.7 Å². The molecule has 298 valence electrons. The summed E-state index contributed by atoms with van der Waals surface area (Å²) in [6.07, 6.45) is 1.53. The van der Waals surface area contributed by atoms with E-state index in [4.69, 9.17) is 21.1 Å². The van der Waals surface area contributed by atoms with E-state index in [1.165, 1.54) is 12.0 Å². The Labute approximate surface area is 321 Å². The summed E-state index contributed by atoms with van der Waals surface area (Å²) in [6.45, 7) is 12.2. The SMILES string of the molecule is CC[C@H](C)[C@@H]([C@@H](CC(=O)N1CCCC1[C@H](OC)[C@@H](C)C(=O)NCCc1ccc(Cl)cc1)OC)N(C)C(=O)[C@@H](NC(=O)C(C(C)C)N(C)C)[C@H](C)N=[N+]=[N-]. The van der Waals surface area contributed by atoms with Gasteiger partial charge in [0.2, 0.25) is 23.6 Å². The Morgan fingerprint density at radius 1 is 1.04 bits per heavy atom. The summed E-state index contributed by atoms with van der Waals surface area (Å²) in [4.78, 5) is 63.1. The number of rotatable bonds is 21. The Bertz CT molecular complexity index is 1380. The van der Waals surface area contributed by atoms with Crippen LogP contribution in [0.25, 0.3) is 10.4 Å². The second-order valence-electron chi connectivity index (χ2n) is 14.8. The molecule has 2 unspecified atom stereocenters. The minimum Gasteiger partial charge on any atom is -0.379 e. The predicted molar refractivity (Wildman–Crippen MR) is 207 cm³/mol. The van der Waals surface area contributed by atoms with Crippen LogP contribution in [-0.4, -0.2) is 129 Å². The number of methoxy groups -OCH3 is 2. The molecule has 2 N–H and O–H groups in total. The molecule has 15 heteroatoms. The summed E-state index contributed by atoms with van der Waals surface area (Å²) in [7, 11) is 8.31. The molecule has 1 aromatic carbocycles. The first-order chi connectivity index (χ1) is 25.0. The van der Waals surface area contributed by atoms with Gasteiger partial charge in [-0.15, -0.1) is 0 Å². The van der Waals surface area contributed by atoms with Crippen molar-refractivity contribution in [1.82, 2.24) is 25.3 Å². The number of ether oxygens (including phenoxy) is 2. The van der Waals surface area contributed by atoms with Crippen molar-refractivity contribution in [2.45, 2.75) is 116 Å². The summed E-state index contributed by atoms with van der Waals surface area (Å²) in [5.41, 5.74) is 10.3. The third-order valence-corrected chi connectivity index (χ3v) is 10.9. The van der Waals surface area contributed by atoms with Gasteiger partial charge in [-0.2, -0.15) is 0 Å². The fourth-order valence-corrected chi connectivity index (χ4v) is 7.70. The molecule has 14 nitrogen and oxygen atoms in total. The van der Waals surface area contributed by atoms with Crippen LogP contribution in [-0.2, 0) is 35.1 Å². The maximum Gasteiger partial charge on any atom is 0.245 e. The fourth-order valence-electron chi connectivity index (χ4n) is 7.58. The fraction of sp³-hybridized carbons (Fsp3) is 0.737.